The molecule has 134 valence electrons. The van der Waals surface area contributed by atoms with Crippen LogP contribution in [-0.2, 0) is 6.42 Å². The maximum atomic E-state index is 11.4. The van der Waals surface area contributed by atoms with Crippen LogP contribution in [0, 0.1) is 0 Å². The third-order valence-electron chi connectivity index (χ3n) is 3.93. The van der Waals surface area contributed by atoms with Crippen LogP contribution in [0.5, 0.6) is 5.75 Å². The highest BCUT2D eigenvalue weighted by Crippen LogP contribution is 2.30. The quantitative estimate of drug-likeness (QED) is 0.524. The Morgan fingerprint density at radius 2 is 1.88 bits per heavy atom. The predicted octanol–water partition coefficient (Wildman–Crippen LogP) is 3.23. The summed E-state index contributed by atoms with van der Waals surface area (Å²) in [6.07, 6.45) is 0.622. The number of methoxy groups -OCH3 is 1. The number of carbonyl (C=O) groups excluding carboxylic acids is 1. The van der Waals surface area contributed by atoms with Crippen LogP contribution in [0.2, 0.25) is 0 Å². The smallest absolute Gasteiger partial charge is 0.316 e. The van der Waals surface area contributed by atoms with Crippen LogP contribution >= 0.6 is 0 Å². The van der Waals surface area contributed by atoms with Crippen molar-refractivity contribution in [3.8, 4) is 17.0 Å². The molecule has 0 unspecified atom stereocenters. The number of primary amides is 1. The van der Waals surface area contributed by atoms with Crippen LogP contribution in [0.1, 0.15) is 5.69 Å². The summed E-state index contributed by atoms with van der Waals surface area (Å²) in [4.78, 5) is 11.4. The summed E-state index contributed by atoms with van der Waals surface area (Å²) in [5.74, 6) is 0.755. The van der Waals surface area contributed by atoms with E-state index in [9.17, 15) is 4.79 Å². The van der Waals surface area contributed by atoms with Crippen molar-refractivity contribution in [2.24, 2.45) is 5.73 Å². The molecule has 26 heavy (non-hydrogen) atoms. The van der Waals surface area contributed by atoms with Crippen molar-refractivity contribution in [2.75, 3.05) is 24.3 Å². The SMILES string of the molecule is COc1ccc(-c2[nH]nc(CCNc3ccccc3)c2NC(N)=O)cc1. The van der Waals surface area contributed by atoms with Crippen LogP contribution in [0.3, 0.4) is 0 Å². The fourth-order valence-corrected chi connectivity index (χ4v) is 2.67. The van der Waals surface area contributed by atoms with Gasteiger partial charge in [-0.25, -0.2) is 4.79 Å². The second kappa shape index (κ2) is 8.06. The standard InChI is InChI=1S/C19H21N5O2/c1-26-15-9-7-13(8-10-15)17-18(22-19(20)25)16(23-24-17)11-12-21-14-5-3-2-4-6-14/h2-10,21H,11-12H2,1H3,(H,23,24)(H3,20,22,25). The number of nitrogens with two attached hydrogens (primary N) is 1. The molecular formula is C19H21N5O2. The number of anilines is 2. The molecule has 1 heterocycles. The first-order chi connectivity index (χ1) is 12.7. The molecule has 7 heteroatoms. The molecule has 2 aromatic carbocycles. The first-order valence-electron chi connectivity index (χ1n) is 8.24. The van der Waals surface area contributed by atoms with Crippen molar-refractivity contribution in [1.29, 1.82) is 0 Å². The molecule has 0 aliphatic carbocycles. The molecule has 1 aromatic heterocycles. The van der Waals surface area contributed by atoms with Crippen LogP contribution in [0.15, 0.2) is 54.6 Å². The van der Waals surface area contributed by atoms with Crippen molar-refractivity contribution < 1.29 is 9.53 Å². The van der Waals surface area contributed by atoms with Crippen LogP contribution in [0.4, 0.5) is 16.2 Å². The first kappa shape index (κ1) is 17.3. The van der Waals surface area contributed by atoms with Crippen LogP contribution in [0.25, 0.3) is 11.3 Å². The number of para-hydroxylation sites is 1. The van der Waals surface area contributed by atoms with Gasteiger partial charge in [0.2, 0.25) is 0 Å². The molecular weight excluding hydrogens is 330 g/mol. The van der Waals surface area contributed by atoms with Gasteiger partial charge in [-0.1, -0.05) is 18.2 Å². The van der Waals surface area contributed by atoms with E-state index in [0.29, 0.717) is 24.3 Å². The molecule has 5 N–H and O–H groups in total. The van der Waals surface area contributed by atoms with Gasteiger partial charge < -0.3 is 21.1 Å². The van der Waals surface area contributed by atoms with E-state index in [1.54, 1.807) is 7.11 Å². The number of carbonyl (C=O) groups is 1. The third kappa shape index (κ3) is 4.13. The summed E-state index contributed by atoms with van der Waals surface area (Å²) < 4.78 is 5.18. The molecule has 3 aromatic rings. The summed E-state index contributed by atoms with van der Waals surface area (Å²) in [5.41, 5.74) is 9.29. The summed E-state index contributed by atoms with van der Waals surface area (Å²) in [6, 6.07) is 16.8. The van der Waals surface area contributed by atoms with Gasteiger partial charge in [0.25, 0.3) is 0 Å². The van der Waals surface area contributed by atoms with E-state index in [1.807, 2.05) is 54.6 Å². The van der Waals surface area contributed by atoms with Crippen LogP contribution in [-0.4, -0.2) is 29.9 Å². The lowest BCUT2D eigenvalue weighted by atomic mass is 10.1. The van der Waals surface area contributed by atoms with E-state index in [4.69, 9.17) is 10.5 Å². The number of H-pyrrole nitrogens is 1. The maximum Gasteiger partial charge on any atom is 0.316 e. The summed E-state index contributed by atoms with van der Waals surface area (Å²) in [6.45, 7) is 0.671. The molecule has 0 aliphatic rings. The lowest BCUT2D eigenvalue weighted by Crippen LogP contribution is -2.20. The Balaban J connectivity index is 1.78. The van der Waals surface area contributed by atoms with E-state index < -0.39 is 6.03 Å². The average Bonchev–Trinajstić information content (AvgIpc) is 3.04. The molecule has 0 radical (unpaired) electrons. The molecule has 2 amide bonds. The highest BCUT2D eigenvalue weighted by Gasteiger charge is 2.16. The van der Waals surface area contributed by atoms with Gasteiger partial charge in [0.05, 0.1) is 24.2 Å². The van der Waals surface area contributed by atoms with Crippen molar-refractivity contribution in [1.82, 2.24) is 10.2 Å². The molecule has 3 rings (SSSR count). The largest absolute Gasteiger partial charge is 0.497 e. The summed E-state index contributed by atoms with van der Waals surface area (Å²) in [5, 5.41) is 13.4. The topological polar surface area (TPSA) is 105 Å². The Labute approximate surface area is 151 Å². The maximum absolute atomic E-state index is 11.4. The molecule has 0 fully saturated rings. The molecule has 0 saturated heterocycles. The number of ether oxygens (including phenoxy) is 1. The second-order valence-corrected chi connectivity index (χ2v) is 5.68. The number of aromatic nitrogens is 2. The van der Waals surface area contributed by atoms with E-state index in [2.05, 4.69) is 20.8 Å². The minimum absolute atomic E-state index is 0.595. The van der Waals surface area contributed by atoms with E-state index in [1.165, 1.54) is 0 Å². The van der Waals surface area contributed by atoms with Gasteiger partial charge in [0, 0.05) is 24.2 Å². The van der Waals surface area contributed by atoms with E-state index in [0.717, 1.165) is 22.7 Å². The number of rotatable bonds is 7. The number of hydrogen-bond donors (Lipinski definition) is 4. The monoisotopic (exact) mass is 351 g/mol. The zero-order chi connectivity index (χ0) is 18.4. The lowest BCUT2D eigenvalue weighted by Gasteiger charge is -2.08. The van der Waals surface area contributed by atoms with Crippen molar-refractivity contribution in [3.05, 3.63) is 60.3 Å². The van der Waals surface area contributed by atoms with Gasteiger partial charge >= 0.3 is 6.03 Å². The average molecular weight is 351 g/mol. The van der Waals surface area contributed by atoms with E-state index in [-0.39, 0.29) is 0 Å². The number of urea groups is 1. The van der Waals surface area contributed by atoms with Gasteiger partial charge in [-0.15, -0.1) is 0 Å². The minimum Gasteiger partial charge on any atom is -0.497 e. The first-order valence-corrected chi connectivity index (χ1v) is 8.24. The van der Waals surface area contributed by atoms with Crippen molar-refractivity contribution in [2.45, 2.75) is 6.42 Å². The number of nitrogens with one attached hydrogen (secondary N) is 3. The molecule has 0 atom stereocenters. The fourth-order valence-electron chi connectivity index (χ4n) is 2.67. The Bertz CT molecular complexity index is 859. The Kier molecular flexibility index (Phi) is 5.38. The zero-order valence-corrected chi connectivity index (χ0v) is 14.5. The summed E-state index contributed by atoms with van der Waals surface area (Å²) in [7, 11) is 1.61. The second-order valence-electron chi connectivity index (χ2n) is 5.68. The normalized spacial score (nSPS) is 10.3. The van der Waals surface area contributed by atoms with Gasteiger partial charge in [-0.2, -0.15) is 5.10 Å². The predicted molar refractivity (Wildman–Crippen MR) is 102 cm³/mol. The minimum atomic E-state index is -0.626. The summed E-state index contributed by atoms with van der Waals surface area (Å²) >= 11 is 0. The van der Waals surface area contributed by atoms with Gasteiger partial charge in [-0.3, -0.25) is 5.10 Å². The van der Waals surface area contributed by atoms with Gasteiger partial charge in [0.15, 0.2) is 0 Å². The fraction of sp³-hybridized carbons (Fsp3) is 0.158. The number of aromatic amines is 1. The molecule has 0 saturated carbocycles. The number of amides is 2. The Morgan fingerprint density at radius 3 is 2.54 bits per heavy atom. The van der Waals surface area contributed by atoms with Crippen molar-refractivity contribution >= 4 is 17.4 Å². The Morgan fingerprint density at radius 1 is 1.15 bits per heavy atom. The number of benzene rings is 2. The third-order valence-corrected chi connectivity index (χ3v) is 3.93. The molecule has 0 aliphatic heterocycles. The highest BCUT2D eigenvalue weighted by molar-refractivity contribution is 5.93. The molecule has 0 spiro atoms. The molecule has 7 nitrogen and oxygen atoms in total. The zero-order valence-electron chi connectivity index (χ0n) is 14.5. The van der Waals surface area contributed by atoms with Crippen LogP contribution < -0.4 is 21.1 Å². The van der Waals surface area contributed by atoms with Crippen molar-refractivity contribution in [3.63, 3.8) is 0 Å². The number of nitrogens with zero attached hydrogens (tertiary/aromatic N) is 1. The number of hydrogen-bond acceptors (Lipinski definition) is 4. The lowest BCUT2D eigenvalue weighted by molar-refractivity contribution is 0.259. The van der Waals surface area contributed by atoms with Gasteiger partial charge in [-0.05, 0) is 36.4 Å². The Hall–Kier alpha value is -3.48. The van der Waals surface area contributed by atoms with Gasteiger partial charge in [0.1, 0.15) is 5.75 Å². The van der Waals surface area contributed by atoms with E-state index >= 15 is 0 Å². The molecule has 0 bridgehead atoms. The highest BCUT2D eigenvalue weighted by atomic mass is 16.5.